The summed E-state index contributed by atoms with van der Waals surface area (Å²) in [5.41, 5.74) is 8.30. The molecule has 0 aliphatic heterocycles. The van der Waals surface area contributed by atoms with Crippen LogP contribution >= 0.6 is 0 Å². The molecule has 0 bridgehead atoms. The fourth-order valence-electron chi connectivity index (χ4n) is 6.42. The van der Waals surface area contributed by atoms with Crippen LogP contribution in [0.4, 0.5) is 28.4 Å². The minimum atomic E-state index is -0.262. The van der Waals surface area contributed by atoms with Crippen molar-refractivity contribution < 1.29 is 14.4 Å². The Morgan fingerprint density at radius 1 is 0.733 bits per heavy atom. The molecule has 2 N–H and O–H groups in total. The molecule has 1 aromatic heterocycles. The van der Waals surface area contributed by atoms with Gasteiger partial charge in [0.25, 0.3) is 0 Å². The summed E-state index contributed by atoms with van der Waals surface area (Å²) in [6, 6.07) is 37.9. The Morgan fingerprint density at radius 2 is 1.38 bits per heavy atom. The molecule has 6 aromatic rings. The number of nitrogens with zero attached hydrogens (tertiary/aromatic N) is 8. The number of anilines is 3. The third kappa shape index (κ3) is 11.8. The quantitative estimate of drug-likeness (QED) is 0.0817. The molecule has 13 heteroatoms. The monoisotopic (exact) mass is 800 g/mol. The first-order chi connectivity index (χ1) is 29.2. The van der Waals surface area contributed by atoms with E-state index in [2.05, 4.69) is 59.7 Å². The molecule has 0 saturated carbocycles. The molecule has 60 heavy (non-hydrogen) atoms. The highest BCUT2D eigenvalue weighted by Crippen LogP contribution is 2.27. The third-order valence-electron chi connectivity index (χ3n) is 9.79. The van der Waals surface area contributed by atoms with Gasteiger partial charge in [-0.3, -0.25) is 14.4 Å². The van der Waals surface area contributed by atoms with Gasteiger partial charge in [0.2, 0.25) is 23.5 Å². The lowest BCUT2D eigenvalue weighted by Crippen LogP contribution is -2.35. The van der Waals surface area contributed by atoms with Crippen molar-refractivity contribution in [3.63, 3.8) is 0 Å². The second kappa shape index (κ2) is 20.8. The summed E-state index contributed by atoms with van der Waals surface area (Å²) < 4.78 is 0. The lowest BCUT2D eigenvalue weighted by Gasteiger charge is -2.25. The molecule has 0 atom stereocenters. The van der Waals surface area contributed by atoms with Gasteiger partial charge >= 0.3 is 0 Å². The van der Waals surface area contributed by atoms with E-state index in [-0.39, 0.29) is 37.0 Å². The summed E-state index contributed by atoms with van der Waals surface area (Å²) in [7, 11) is 0. The third-order valence-corrected chi connectivity index (χ3v) is 9.79. The van der Waals surface area contributed by atoms with Crippen molar-refractivity contribution in [2.45, 2.75) is 46.6 Å². The van der Waals surface area contributed by atoms with E-state index in [0.717, 1.165) is 45.7 Å². The Labute approximate surface area is 350 Å². The molecule has 0 unspecified atom stereocenters. The highest BCUT2D eigenvalue weighted by Gasteiger charge is 2.20. The van der Waals surface area contributed by atoms with Crippen molar-refractivity contribution in [2.24, 2.45) is 10.2 Å². The second-order valence-electron chi connectivity index (χ2n) is 14.1. The summed E-state index contributed by atoms with van der Waals surface area (Å²) >= 11 is 0. The zero-order valence-corrected chi connectivity index (χ0v) is 34.1. The fraction of sp³-hybridized carbons (Fsp3) is 0.213. The maximum atomic E-state index is 13.6. The Hall–Kier alpha value is -7.41. The van der Waals surface area contributed by atoms with E-state index in [1.165, 1.54) is 0 Å². The number of carbonyl (C=O) groups excluding carboxylic acids is 3. The van der Waals surface area contributed by atoms with E-state index in [4.69, 9.17) is 0 Å². The van der Waals surface area contributed by atoms with Crippen LogP contribution in [0, 0.1) is 13.8 Å². The summed E-state index contributed by atoms with van der Waals surface area (Å²) in [4.78, 5) is 43.1. The lowest BCUT2D eigenvalue weighted by atomic mass is 10.1. The number of nitrogens with one attached hydrogen (secondary N) is 2. The van der Waals surface area contributed by atoms with Crippen LogP contribution in [0.15, 0.2) is 138 Å². The van der Waals surface area contributed by atoms with Crippen LogP contribution in [0.2, 0.25) is 0 Å². The number of amides is 3. The van der Waals surface area contributed by atoms with Crippen molar-refractivity contribution in [3.8, 4) is 11.4 Å². The highest BCUT2D eigenvalue weighted by molar-refractivity contribution is 5.99. The van der Waals surface area contributed by atoms with Crippen LogP contribution in [0.1, 0.15) is 47.8 Å². The molecule has 304 valence electrons. The van der Waals surface area contributed by atoms with Gasteiger partial charge in [0.05, 0.1) is 30.0 Å². The van der Waals surface area contributed by atoms with Crippen molar-refractivity contribution >= 4 is 52.2 Å². The van der Waals surface area contributed by atoms with Gasteiger partial charge in [0.15, 0.2) is 5.82 Å². The van der Waals surface area contributed by atoms with E-state index in [0.29, 0.717) is 48.3 Å². The predicted octanol–water partition coefficient (Wildman–Crippen LogP) is 8.75. The van der Waals surface area contributed by atoms with Gasteiger partial charge in [0, 0.05) is 49.4 Å². The number of hydrogen-bond donors (Lipinski definition) is 2. The van der Waals surface area contributed by atoms with Crippen molar-refractivity contribution in [3.05, 3.63) is 156 Å². The maximum absolute atomic E-state index is 13.6. The number of likely N-dealkylation sites (N-methyl/N-ethyl adjacent to an activating group) is 1. The Morgan fingerprint density at radius 3 is 2.05 bits per heavy atom. The van der Waals surface area contributed by atoms with Gasteiger partial charge in [-0.1, -0.05) is 79.4 Å². The summed E-state index contributed by atoms with van der Waals surface area (Å²) in [5, 5.41) is 30.6. The number of rotatable bonds is 18. The Bertz CT molecular complexity index is 2420. The van der Waals surface area contributed by atoms with Gasteiger partial charge in [-0.15, -0.1) is 20.4 Å². The topological polar surface area (TPSA) is 158 Å². The van der Waals surface area contributed by atoms with Crippen LogP contribution in [0.5, 0.6) is 0 Å². The largest absolute Gasteiger partial charge is 0.370 e. The number of aryl methyl sites for hydroxylation is 2. The van der Waals surface area contributed by atoms with Crippen molar-refractivity contribution in [2.75, 3.05) is 34.8 Å². The second-order valence-corrected chi connectivity index (χ2v) is 14.1. The minimum Gasteiger partial charge on any atom is -0.370 e. The number of benzene rings is 5. The van der Waals surface area contributed by atoms with Gasteiger partial charge in [-0.05, 0) is 97.6 Å². The zero-order chi connectivity index (χ0) is 42.3. The van der Waals surface area contributed by atoms with Crippen LogP contribution in [-0.2, 0) is 27.3 Å². The van der Waals surface area contributed by atoms with E-state index >= 15 is 0 Å². The zero-order valence-electron chi connectivity index (χ0n) is 34.1. The van der Waals surface area contributed by atoms with Gasteiger partial charge < -0.3 is 20.4 Å². The molecule has 1 heterocycles. The normalized spacial score (nSPS) is 10.9. The van der Waals surface area contributed by atoms with Crippen LogP contribution in [0.25, 0.3) is 17.5 Å². The summed E-state index contributed by atoms with van der Waals surface area (Å²) in [5.74, 6) is 0.470. The number of aromatic nitrogens is 4. The number of carbonyl (C=O) groups is 3. The van der Waals surface area contributed by atoms with Crippen LogP contribution in [-0.4, -0.2) is 57.8 Å². The average Bonchev–Trinajstić information content (AvgIpc) is 3.27. The smallest absolute Gasteiger partial charge is 0.227 e. The van der Waals surface area contributed by atoms with E-state index < -0.39 is 0 Å². The molecule has 0 fully saturated rings. The first-order valence-corrected chi connectivity index (χ1v) is 19.8. The molecule has 3 amide bonds. The Kier molecular flexibility index (Phi) is 14.7. The minimum absolute atomic E-state index is 0.0271. The van der Waals surface area contributed by atoms with E-state index in [1.807, 2.05) is 104 Å². The summed E-state index contributed by atoms with van der Waals surface area (Å²) in [6.45, 7) is 12.0. The van der Waals surface area contributed by atoms with E-state index in [1.54, 1.807) is 42.2 Å². The standard InChI is InChI=1S/C47H48N10O3/c1-5-36-12-9-10-14-43(36)57(32-38-13-8-7-11-33(38)3)46(60)28-27-44(58)49-39-19-21-40(22-20-39)52-53-41-23-25-42(26-24-41)56(6-2)30-29-48-45(59)31-35-15-17-37(18-16-35)47-54-50-34(4)51-55-47/h5,7-26H,1,6,27-32H2,2-4H3,(H,48,59)(H,49,58)/b53-52+. The molecule has 6 rings (SSSR count). The molecule has 0 saturated heterocycles. The SMILES string of the molecule is C=Cc1ccccc1N(Cc1ccccc1C)C(=O)CCC(=O)Nc1ccc(/N=N/c2ccc(N(CC)CCNC(=O)Cc3ccc(-c4nnc(C)nn4)cc3)cc2)cc1. The lowest BCUT2D eigenvalue weighted by molar-refractivity contribution is -0.122. The summed E-state index contributed by atoms with van der Waals surface area (Å²) in [6.07, 6.45) is 2.07. The first kappa shape index (κ1) is 42.2. The van der Waals surface area contributed by atoms with Gasteiger partial charge in [0.1, 0.15) is 0 Å². The van der Waals surface area contributed by atoms with E-state index in [9.17, 15) is 14.4 Å². The van der Waals surface area contributed by atoms with Crippen LogP contribution in [0.3, 0.4) is 0 Å². The molecular weight excluding hydrogens is 753 g/mol. The molecule has 0 radical (unpaired) electrons. The molecule has 0 spiro atoms. The predicted molar refractivity (Wildman–Crippen MR) is 236 cm³/mol. The van der Waals surface area contributed by atoms with Gasteiger partial charge in [-0.2, -0.15) is 10.2 Å². The van der Waals surface area contributed by atoms with Crippen molar-refractivity contribution in [1.82, 2.24) is 25.7 Å². The van der Waals surface area contributed by atoms with Gasteiger partial charge in [-0.25, -0.2) is 0 Å². The van der Waals surface area contributed by atoms with Crippen LogP contribution < -0.4 is 20.4 Å². The number of azo groups is 1. The molecule has 0 aliphatic rings. The molecule has 5 aromatic carbocycles. The van der Waals surface area contributed by atoms with Crippen molar-refractivity contribution in [1.29, 1.82) is 0 Å². The number of para-hydroxylation sites is 1. The number of hydrogen-bond acceptors (Lipinski definition) is 10. The molecule has 13 nitrogen and oxygen atoms in total. The Balaban J connectivity index is 0.946. The molecular formula is C47H48N10O3. The fourth-order valence-corrected chi connectivity index (χ4v) is 6.42. The average molecular weight is 801 g/mol. The maximum Gasteiger partial charge on any atom is 0.227 e. The highest BCUT2D eigenvalue weighted by atomic mass is 16.2. The first-order valence-electron chi connectivity index (χ1n) is 19.8. The molecule has 0 aliphatic carbocycles.